The van der Waals surface area contributed by atoms with Gasteiger partial charge in [-0.1, -0.05) is 19.9 Å². The summed E-state index contributed by atoms with van der Waals surface area (Å²) < 4.78 is 4.65. The van der Waals surface area contributed by atoms with E-state index in [9.17, 15) is 9.59 Å². The SMILES string of the molecule is COC(=O)C(NC(=O)C=Cc1ccccn1)C(C)C. The normalized spacial score (nSPS) is 12.4. The van der Waals surface area contributed by atoms with Gasteiger partial charge in [0.2, 0.25) is 5.91 Å². The van der Waals surface area contributed by atoms with E-state index in [2.05, 4.69) is 15.0 Å². The minimum Gasteiger partial charge on any atom is -0.467 e. The van der Waals surface area contributed by atoms with Gasteiger partial charge in [0.25, 0.3) is 0 Å². The van der Waals surface area contributed by atoms with Gasteiger partial charge in [-0.15, -0.1) is 0 Å². The van der Waals surface area contributed by atoms with Gasteiger partial charge in [0.15, 0.2) is 0 Å². The van der Waals surface area contributed by atoms with Crippen molar-refractivity contribution in [3.8, 4) is 0 Å². The summed E-state index contributed by atoms with van der Waals surface area (Å²) in [5.74, 6) is -0.844. The minimum atomic E-state index is -0.647. The second-order valence-electron chi connectivity index (χ2n) is 4.34. The summed E-state index contributed by atoms with van der Waals surface area (Å²) in [6.45, 7) is 3.68. The first-order chi connectivity index (χ1) is 9.04. The molecular formula is C14H18N2O3. The van der Waals surface area contributed by atoms with Gasteiger partial charge in [0.05, 0.1) is 12.8 Å². The average molecular weight is 262 g/mol. The Labute approximate surface area is 112 Å². The summed E-state index contributed by atoms with van der Waals surface area (Å²) in [6.07, 6.45) is 4.58. The van der Waals surface area contributed by atoms with E-state index in [0.717, 1.165) is 0 Å². The molecule has 0 aromatic carbocycles. The molecule has 19 heavy (non-hydrogen) atoms. The van der Waals surface area contributed by atoms with Gasteiger partial charge in [0, 0.05) is 12.3 Å². The average Bonchev–Trinajstić information content (AvgIpc) is 2.42. The van der Waals surface area contributed by atoms with Crippen LogP contribution in [-0.2, 0) is 14.3 Å². The Balaban J connectivity index is 2.63. The zero-order valence-electron chi connectivity index (χ0n) is 11.3. The number of rotatable bonds is 5. The molecule has 0 radical (unpaired) electrons. The second-order valence-corrected chi connectivity index (χ2v) is 4.34. The van der Waals surface area contributed by atoms with Gasteiger partial charge in [-0.3, -0.25) is 9.78 Å². The molecule has 1 unspecified atom stereocenters. The third-order valence-electron chi connectivity index (χ3n) is 2.51. The van der Waals surface area contributed by atoms with Crippen LogP contribution in [0.25, 0.3) is 6.08 Å². The molecule has 1 aromatic rings. The number of pyridine rings is 1. The zero-order chi connectivity index (χ0) is 14.3. The molecule has 0 aliphatic heterocycles. The maximum Gasteiger partial charge on any atom is 0.328 e. The quantitative estimate of drug-likeness (QED) is 0.643. The standard InChI is InChI=1S/C14H18N2O3/c1-10(2)13(14(18)19-3)16-12(17)8-7-11-6-4-5-9-15-11/h4-10,13H,1-3H3,(H,16,17). The number of esters is 1. The topological polar surface area (TPSA) is 68.3 Å². The number of methoxy groups -OCH3 is 1. The molecule has 0 aliphatic rings. The van der Waals surface area contributed by atoms with Crippen molar-refractivity contribution in [1.82, 2.24) is 10.3 Å². The molecule has 1 rings (SSSR count). The largest absolute Gasteiger partial charge is 0.467 e. The van der Waals surface area contributed by atoms with Crippen LogP contribution < -0.4 is 5.32 Å². The number of carbonyl (C=O) groups is 2. The van der Waals surface area contributed by atoms with Crippen molar-refractivity contribution < 1.29 is 14.3 Å². The first kappa shape index (κ1) is 14.9. The number of nitrogens with one attached hydrogen (secondary N) is 1. The Morgan fingerprint density at radius 3 is 2.63 bits per heavy atom. The van der Waals surface area contributed by atoms with Gasteiger partial charge in [-0.2, -0.15) is 0 Å². The molecule has 0 spiro atoms. The van der Waals surface area contributed by atoms with Crippen molar-refractivity contribution in [3.63, 3.8) is 0 Å². The molecule has 0 saturated heterocycles. The third-order valence-corrected chi connectivity index (χ3v) is 2.51. The highest BCUT2D eigenvalue weighted by molar-refractivity contribution is 5.94. The Kier molecular flexibility index (Phi) is 5.73. The fourth-order valence-electron chi connectivity index (χ4n) is 1.46. The van der Waals surface area contributed by atoms with Crippen LogP contribution in [-0.4, -0.2) is 30.0 Å². The van der Waals surface area contributed by atoms with E-state index in [1.54, 1.807) is 24.4 Å². The summed E-state index contributed by atoms with van der Waals surface area (Å²) in [7, 11) is 1.30. The number of carbonyl (C=O) groups excluding carboxylic acids is 2. The Morgan fingerprint density at radius 2 is 2.11 bits per heavy atom. The van der Waals surface area contributed by atoms with Crippen molar-refractivity contribution in [2.24, 2.45) is 5.92 Å². The van der Waals surface area contributed by atoms with Crippen LogP contribution in [0, 0.1) is 5.92 Å². The van der Waals surface area contributed by atoms with Crippen molar-refractivity contribution >= 4 is 18.0 Å². The Morgan fingerprint density at radius 1 is 1.37 bits per heavy atom. The molecule has 1 atom stereocenters. The molecule has 1 N–H and O–H groups in total. The molecule has 5 heteroatoms. The van der Waals surface area contributed by atoms with Crippen molar-refractivity contribution in [2.75, 3.05) is 7.11 Å². The molecule has 5 nitrogen and oxygen atoms in total. The minimum absolute atomic E-state index is 0.0420. The molecular weight excluding hydrogens is 244 g/mol. The van der Waals surface area contributed by atoms with Crippen LogP contribution in [0.2, 0.25) is 0 Å². The van der Waals surface area contributed by atoms with Gasteiger partial charge in [-0.05, 0) is 24.1 Å². The molecule has 1 amide bonds. The summed E-state index contributed by atoms with van der Waals surface area (Å²) in [4.78, 5) is 27.3. The lowest BCUT2D eigenvalue weighted by atomic mass is 10.0. The van der Waals surface area contributed by atoms with Crippen LogP contribution in [0.5, 0.6) is 0 Å². The summed E-state index contributed by atoms with van der Waals surface area (Å²) in [6, 6.07) is 4.76. The Bertz CT molecular complexity index is 455. The highest BCUT2D eigenvalue weighted by Gasteiger charge is 2.23. The Hall–Kier alpha value is -2.17. The predicted octanol–water partition coefficient (Wildman–Crippen LogP) is 1.41. The zero-order valence-corrected chi connectivity index (χ0v) is 11.3. The van der Waals surface area contributed by atoms with Crippen LogP contribution in [0.4, 0.5) is 0 Å². The van der Waals surface area contributed by atoms with E-state index in [-0.39, 0.29) is 11.8 Å². The molecule has 1 aromatic heterocycles. The van der Waals surface area contributed by atoms with Gasteiger partial charge >= 0.3 is 5.97 Å². The number of hydrogen-bond acceptors (Lipinski definition) is 4. The lowest BCUT2D eigenvalue weighted by Crippen LogP contribution is -2.44. The molecule has 0 bridgehead atoms. The number of aromatic nitrogens is 1. The third kappa shape index (κ3) is 4.91. The fraction of sp³-hybridized carbons (Fsp3) is 0.357. The molecule has 0 fully saturated rings. The summed E-state index contributed by atoms with van der Waals surface area (Å²) in [5, 5.41) is 2.61. The first-order valence-corrected chi connectivity index (χ1v) is 6.02. The summed E-state index contributed by atoms with van der Waals surface area (Å²) in [5.41, 5.74) is 0.678. The van der Waals surface area contributed by atoms with E-state index in [0.29, 0.717) is 5.69 Å². The maximum absolute atomic E-state index is 11.7. The lowest BCUT2D eigenvalue weighted by molar-refractivity contribution is -0.145. The van der Waals surface area contributed by atoms with Crippen LogP contribution >= 0.6 is 0 Å². The van der Waals surface area contributed by atoms with E-state index < -0.39 is 12.0 Å². The highest BCUT2D eigenvalue weighted by atomic mass is 16.5. The number of ether oxygens (including phenoxy) is 1. The van der Waals surface area contributed by atoms with E-state index in [1.807, 2.05) is 19.9 Å². The van der Waals surface area contributed by atoms with Crippen LogP contribution in [0.15, 0.2) is 30.5 Å². The van der Waals surface area contributed by atoms with Gasteiger partial charge in [0.1, 0.15) is 6.04 Å². The van der Waals surface area contributed by atoms with Crippen molar-refractivity contribution in [3.05, 3.63) is 36.2 Å². The maximum atomic E-state index is 11.7. The fourth-order valence-corrected chi connectivity index (χ4v) is 1.46. The predicted molar refractivity (Wildman–Crippen MR) is 72.1 cm³/mol. The van der Waals surface area contributed by atoms with Crippen molar-refractivity contribution in [1.29, 1.82) is 0 Å². The van der Waals surface area contributed by atoms with Gasteiger partial charge in [-0.25, -0.2) is 4.79 Å². The van der Waals surface area contributed by atoms with E-state index in [1.165, 1.54) is 13.2 Å². The smallest absolute Gasteiger partial charge is 0.328 e. The van der Waals surface area contributed by atoms with Crippen LogP contribution in [0.3, 0.4) is 0 Å². The molecule has 0 saturated carbocycles. The monoisotopic (exact) mass is 262 g/mol. The lowest BCUT2D eigenvalue weighted by Gasteiger charge is -2.18. The number of nitrogens with zero attached hydrogens (tertiary/aromatic N) is 1. The molecule has 0 aliphatic carbocycles. The molecule has 1 heterocycles. The first-order valence-electron chi connectivity index (χ1n) is 6.02. The molecule has 102 valence electrons. The van der Waals surface area contributed by atoms with Gasteiger partial charge < -0.3 is 10.1 Å². The van der Waals surface area contributed by atoms with Crippen molar-refractivity contribution in [2.45, 2.75) is 19.9 Å². The highest BCUT2D eigenvalue weighted by Crippen LogP contribution is 2.04. The number of hydrogen-bond donors (Lipinski definition) is 1. The van der Waals surface area contributed by atoms with E-state index in [4.69, 9.17) is 0 Å². The number of amides is 1. The van der Waals surface area contributed by atoms with E-state index >= 15 is 0 Å². The second kappa shape index (κ2) is 7.31. The van der Waals surface area contributed by atoms with Crippen LogP contribution in [0.1, 0.15) is 19.5 Å². The summed E-state index contributed by atoms with van der Waals surface area (Å²) >= 11 is 0.